The van der Waals surface area contributed by atoms with E-state index in [1.807, 2.05) is 0 Å². The van der Waals surface area contributed by atoms with Crippen LogP contribution in [0.5, 0.6) is 0 Å². The largest absolute Gasteiger partial charge is 0.344 e. The highest BCUT2D eigenvalue weighted by Crippen LogP contribution is 2.33. The second-order valence-electron chi connectivity index (χ2n) is 5.38. The Morgan fingerprint density at radius 2 is 1.81 bits per heavy atom. The molecule has 3 heteroatoms. The molecule has 1 N–H and O–H groups in total. The van der Waals surface area contributed by atoms with Gasteiger partial charge in [0.15, 0.2) is 0 Å². The number of benzene rings is 2. The van der Waals surface area contributed by atoms with Crippen molar-refractivity contribution in [3.63, 3.8) is 0 Å². The van der Waals surface area contributed by atoms with E-state index in [9.17, 15) is 0 Å². The van der Waals surface area contributed by atoms with Gasteiger partial charge in [-0.15, -0.1) is 0 Å². The van der Waals surface area contributed by atoms with Crippen LogP contribution in [0.3, 0.4) is 0 Å². The molecule has 0 aliphatic rings. The maximum absolute atomic E-state index is 3.58. The molecule has 1 unspecified atom stereocenters. The first-order valence-electron chi connectivity index (χ1n) is 7.36. The molecule has 0 saturated carbocycles. The fourth-order valence-electron chi connectivity index (χ4n) is 2.50. The van der Waals surface area contributed by atoms with Crippen LogP contribution in [0.4, 0.5) is 11.4 Å². The molecule has 2 aromatic rings. The highest BCUT2D eigenvalue weighted by Gasteiger charge is 2.14. The lowest BCUT2D eigenvalue weighted by Crippen LogP contribution is -2.21. The molecule has 1 atom stereocenters. The first-order chi connectivity index (χ1) is 10.0. The average molecular weight is 347 g/mol. The van der Waals surface area contributed by atoms with E-state index in [1.54, 1.807) is 0 Å². The summed E-state index contributed by atoms with van der Waals surface area (Å²) in [6.45, 7) is 7.42. The van der Waals surface area contributed by atoms with E-state index in [4.69, 9.17) is 0 Å². The predicted molar refractivity (Wildman–Crippen MR) is 95.5 cm³/mol. The lowest BCUT2D eigenvalue weighted by Gasteiger charge is -2.26. The quantitative estimate of drug-likeness (QED) is 0.800. The number of aryl methyl sites for hydroxylation is 1. The molecule has 2 nitrogen and oxygen atoms in total. The van der Waals surface area contributed by atoms with Gasteiger partial charge in [0.25, 0.3) is 0 Å². The maximum atomic E-state index is 3.58. The smallest absolute Gasteiger partial charge is 0.0457 e. The third kappa shape index (κ3) is 3.86. The van der Waals surface area contributed by atoms with E-state index >= 15 is 0 Å². The zero-order valence-corrected chi connectivity index (χ0v) is 14.7. The number of anilines is 2. The van der Waals surface area contributed by atoms with Gasteiger partial charge in [-0.3, -0.25) is 0 Å². The van der Waals surface area contributed by atoms with E-state index in [0.29, 0.717) is 6.04 Å². The van der Waals surface area contributed by atoms with Gasteiger partial charge in [-0.25, -0.2) is 0 Å². The van der Waals surface area contributed by atoms with Crippen molar-refractivity contribution in [2.24, 2.45) is 0 Å². The zero-order chi connectivity index (χ0) is 15.4. The lowest BCUT2D eigenvalue weighted by atomic mass is 10.0. The van der Waals surface area contributed by atoms with Crippen LogP contribution in [0.2, 0.25) is 0 Å². The van der Waals surface area contributed by atoms with Crippen LogP contribution in [-0.2, 0) is 0 Å². The maximum Gasteiger partial charge on any atom is 0.0457 e. The minimum Gasteiger partial charge on any atom is -0.344 e. The molecule has 0 saturated heterocycles. The number of hydrogen-bond acceptors (Lipinski definition) is 2. The molecule has 0 aliphatic heterocycles. The van der Waals surface area contributed by atoms with E-state index in [1.165, 1.54) is 22.5 Å². The summed E-state index contributed by atoms with van der Waals surface area (Å²) >= 11 is 3.58. The zero-order valence-electron chi connectivity index (χ0n) is 13.2. The predicted octanol–water partition coefficient (Wildman–Crippen LogP) is 5.20. The molecule has 2 aromatic carbocycles. The standard InChI is InChI=1S/C18H23BrN2/c1-5-20-14(3)17-12-15(19)8-11-18(17)21(4)16-9-6-13(2)7-10-16/h6-12,14,20H,5H2,1-4H3. The second-order valence-corrected chi connectivity index (χ2v) is 6.29. The van der Waals surface area contributed by atoms with Crippen molar-refractivity contribution < 1.29 is 0 Å². The van der Waals surface area contributed by atoms with Gasteiger partial charge in [-0.05, 0) is 56.3 Å². The highest BCUT2D eigenvalue weighted by atomic mass is 79.9. The lowest BCUT2D eigenvalue weighted by molar-refractivity contribution is 0.598. The summed E-state index contributed by atoms with van der Waals surface area (Å²) in [5.74, 6) is 0. The van der Waals surface area contributed by atoms with Gasteiger partial charge in [0.2, 0.25) is 0 Å². The van der Waals surface area contributed by atoms with Gasteiger partial charge in [0.1, 0.15) is 0 Å². The Balaban J connectivity index is 2.40. The van der Waals surface area contributed by atoms with Crippen LogP contribution in [0, 0.1) is 6.92 Å². The monoisotopic (exact) mass is 346 g/mol. The molecule has 0 fully saturated rings. The van der Waals surface area contributed by atoms with Crippen LogP contribution in [-0.4, -0.2) is 13.6 Å². The van der Waals surface area contributed by atoms with Gasteiger partial charge in [-0.1, -0.05) is 40.5 Å². The second kappa shape index (κ2) is 7.10. The van der Waals surface area contributed by atoms with Gasteiger partial charge in [0, 0.05) is 28.9 Å². The number of rotatable bonds is 5. The van der Waals surface area contributed by atoms with E-state index in [0.717, 1.165) is 11.0 Å². The molecule has 2 rings (SSSR count). The number of nitrogens with zero attached hydrogens (tertiary/aromatic N) is 1. The molecule has 112 valence electrons. The van der Waals surface area contributed by atoms with E-state index in [2.05, 4.69) is 96.4 Å². The Morgan fingerprint density at radius 3 is 2.43 bits per heavy atom. The summed E-state index contributed by atoms with van der Waals surface area (Å²) in [5.41, 5.74) is 5.02. The Bertz CT molecular complexity index is 593. The van der Waals surface area contributed by atoms with Gasteiger partial charge in [0.05, 0.1) is 0 Å². The Hall–Kier alpha value is -1.32. The van der Waals surface area contributed by atoms with E-state index < -0.39 is 0 Å². The Labute approximate surface area is 136 Å². The Kier molecular flexibility index (Phi) is 5.43. The van der Waals surface area contributed by atoms with Crippen molar-refractivity contribution in [2.45, 2.75) is 26.8 Å². The molecule has 0 aromatic heterocycles. The number of halogens is 1. The number of hydrogen-bond donors (Lipinski definition) is 1. The molecule has 0 spiro atoms. The summed E-state index contributed by atoms with van der Waals surface area (Å²) in [4.78, 5) is 2.25. The SMILES string of the molecule is CCNC(C)c1cc(Br)ccc1N(C)c1ccc(C)cc1. The average Bonchev–Trinajstić information content (AvgIpc) is 2.47. The summed E-state index contributed by atoms with van der Waals surface area (Å²) in [6, 6.07) is 15.4. The van der Waals surface area contributed by atoms with E-state index in [-0.39, 0.29) is 0 Å². The van der Waals surface area contributed by atoms with Gasteiger partial charge < -0.3 is 10.2 Å². The molecule has 0 radical (unpaired) electrons. The van der Waals surface area contributed by atoms with Gasteiger partial charge >= 0.3 is 0 Å². The van der Waals surface area contributed by atoms with Crippen molar-refractivity contribution in [3.05, 3.63) is 58.1 Å². The normalized spacial score (nSPS) is 12.2. The molecule has 0 bridgehead atoms. The molecular weight excluding hydrogens is 324 g/mol. The van der Waals surface area contributed by atoms with Crippen LogP contribution < -0.4 is 10.2 Å². The van der Waals surface area contributed by atoms with Crippen LogP contribution in [0.1, 0.15) is 31.0 Å². The first kappa shape index (κ1) is 16.1. The minimum absolute atomic E-state index is 0.315. The number of nitrogens with one attached hydrogen (secondary N) is 1. The highest BCUT2D eigenvalue weighted by molar-refractivity contribution is 9.10. The van der Waals surface area contributed by atoms with Crippen molar-refractivity contribution in [1.82, 2.24) is 5.32 Å². The Morgan fingerprint density at radius 1 is 1.14 bits per heavy atom. The topological polar surface area (TPSA) is 15.3 Å². The van der Waals surface area contributed by atoms with Crippen LogP contribution >= 0.6 is 15.9 Å². The first-order valence-corrected chi connectivity index (χ1v) is 8.15. The molecule has 0 heterocycles. The summed E-state index contributed by atoms with van der Waals surface area (Å²) in [6.07, 6.45) is 0. The van der Waals surface area contributed by atoms with Crippen LogP contribution in [0.25, 0.3) is 0 Å². The fraction of sp³-hybridized carbons (Fsp3) is 0.333. The van der Waals surface area contributed by atoms with Crippen molar-refractivity contribution >= 4 is 27.3 Å². The summed E-state index contributed by atoms with van der Waals surface area (Å²) in [7, 11) is 2.12. The molecular formula is C18H23BrN2. The molecule has 21 heavy (non-hydrogen) atoms. The molecule has 0 amide bonds. The van der Waals surface area contributed by atoms with Gasteiger partial charge in [-0.2, -0.15) is 0 Å². The minimum atomic E-state index is 0.315. The third-order valence-corrected chi connectivity index (χ3v) is 4.24. The van der Waals surface area contributed by atoms with Crippen molar-refractivity contribution in [3.8, 4) is 0 Å². The summed E-state index contributed by atoms with van der Waals surface area (Å²) in [5, 5.41) is 3.50. The van der Waals surface area contributed by atoms with Crippen LogP contribution in [0.15, 0.2) is 46.9 Å². The molecule has 0 aliphatic carbocycles. The summed E-state index contributed by atoms with van der Waals surface area (Å²) < 4.78 is 1.11. The fourth-order valence-corrected chi connectivity index (χ4v) is 2.88. The van der Waals surface area contributed by atoms with Crippen molar-refractivity contribution in [1.29, 1.82) is 0 Å². The van der Waals surface area contributed by atoms with Crippen molar-refractivity contribution in [2.75, 3.05) is 18.5 Å². The third-order valence-electron chi connectivity index (χ3n) is 3.75.